The number of hydrogen-bond acceptors (Lipinski definition) is 6. The summed E-state index contributed by atoms with van der Waals surface area (Å²) in [5, 5.41) is 53.4. The first-order chi connectivity index (χ1) is 9.66. The Morgan fingerprint density at radius 3 is 1.10 bits per heavy atom. The zero-order valence-corrected chi connectivity index (χ0v) is 9.84. The standard InChI is InChI=1S/C14H2N6/c15-3-9-1-13(11(5-17)6-18)10(4-16)2-14(9)12(7-19)8-20/h1-2H. The Balaban J connectivity index is 4.21. The van der Waals surface area contributed by atoms with Gasteiger partial charge in [-0.3, -0.25) is 0 Å². The van der Waals surface area contributed by atoms with Gasteiger partial charge in [-0.25, -0.2) is 0 Å². The van der Waals surface area contributed by atoms with Crippen molar-refractivity contribution in [2.75, 3.05) is 0 Å². The molecule has 0 bridgehead atoms. The molecule has 1 rings (SSSR count). The van der Waals surface area contributed by atoms with Crippen LogP contribution in [-0.4, -0.2) is 0 Å². The van der Waals surface area contributed by atoms with E-state index in [2.05, 4.69) is 0 Å². The quantitative estimate of drug-likeness (QED) is 0.628. The van der Waals surface area contributed by atoms with Crippen LogP contribution in [0.25, 0.3) is 11.1 Å². The summed E-state index contributed by atoms with van der Waals surface area (Å²) in [6.07, 6.45) is 0. The zero-order chi connectivity index (χ0) is 15.1. The van der Waals surface area contributed by atoms with Crippen LogP contribution in [0, 0.1) is 68.0 Å². The highest BCUT2D eigenvalue weighted by Crippen LogP contribution is 1.98. The average Bonchev–Trinajstić information content (AvgIpc) is 2.50. The van der Waals surface area contributed by atoms with E-state index in [0.717, 1.165) is 12.1 Å². The molecule has 0 unspecified atom stereocenters. The summed E-state index contributed by atoms with van der Waals surface area (Å²) >= 11 is 0. The number of hydrogen-bond donors (Lipinski definition) is 0. The Bertz CT molecular complexity index is 842. The molecule has 0 amide bonds. The minimum absolute atomic E-state index is 0.00743. The van der Waals surface area contributed by atoms with Crippen LogP contribution in [0.1, 0.15) is 11.1 Å². The summed E-state index contributed by atoms with van der Waals surface area (Å²) in [7, 11) is 0. The van der Waals surface area contributed by atoms with E-state index in [1.807, 2.05) is 0 Å². The maximum atomic E-state index is 9.03. The van der Waals surface area contributed by atoms with Crippen LogP contribution in [0.3, 0.4) is 0 Å². The van der Waals surface area contributed by atoms with Crippen LogP contribution in [-0.2, 0) is 0 Å². The topological polar surface area (TPSA) is 143 Å². The first kappa shape index (κ1) is 14.0. The molecule has 0 N–H and O–H groups in total. The number of nitrogens with zero attached hydrogens (tertiary/aromatic N) is 6. The van der Waals surface area contributed by atoms with Crippen LogP contribution in [0.5, 0.6) is 0 Å². The summed E-state index contributed by atoms with van der Waals surface area (Å²) < 4.78 is 0. The van der Waals surface area contributed by atoms with Gasteiger partial charge in [0.1, 0.15) is 35.4 Å². The molecule has 0 saturated heterocycles. The molecule has 0 aliphatic carbocycles. The van der Waals surface area contributed by atoms with Gasteiger partial charge in [-0.2, -0.15) is 31.6 Å². The van der Waals surface area contributed by atoms with Gasteiger partial charge >= 0.3 is 0 Å². The molecule has 1 aromatic carbocycles. The second kappa shape index (κ2) is 6.00. The highest BCUT2D eigenvalue weighted by atomic mass is 14.3. The molecule has 0 radical (unpaired) electrons. The largest absolute Gasteiger partial charge is 0.192 e. The van der Waals surface area contributed by atoms with Crippen molar-refractivity contribution < 1.29 is 0 Å². The highest BCUT2D eigenvalue weighted by molar-refractivity contribution is 5.77. The van der Waals surface area contributed by atoms with Crippen molar-refractivity contribution in [3.8, 4) is 36.4 Å². The van der Waals surface area contributed by atoms with Gasteiger partial charge in [0.25, 0.3) is 0 Å². The molecule has 0 aliphatic heterocycles. The third-order valence-corrected chi connectivity index (χ3v) is 2.38. The lowest BCUT2D eigenvalue weighted by atomic mass is 10.0. The number of rotatable bonds is 0. The van der Waals surface area contributed by atoms with E-state index in [1.54, 1.807) is 36.4 Å². The van der Waals surface area contributed by atoms with Crippen LogP contribution in [0.15, 0.2) is 12.1 Å². The molecule has 1 aromatic rings. The molecular weight excluding hydrogens is 252 g/mol. The van der Waals surface area contributed by atoms with Gasteiger partial charge in [0.2, 0.25) is 0 Å². The van der Waals surface area contributed by atoms with E-state index in [4.69, 9.17) is 31.6 Å². The second-order valence-corrected chi connectivity index (χ2v) is 3.36. The average molecular weight is 254 g/mol. The summed E-state index contributed by atoms with van der Waals surface area (Å²) in [5.74, 6) is 0. The molecular formula is C14H2N6. The summed E-state index contributed by atoms with van der Waals surface area (Å²) in [5.41, 5.74) is -0.750. The fourth-order valence-corrected chi connectivity index (χ4v) is 1.49. The smallest absolute Gasteiger partial charge is 0.138 e. The van der Waals surface area contributed by atoms with Crippen molar-refractivity contribution in [1.29, 1.82) is 31.6 Å². The van der Waals surface area contributed by atoms with Gasteiger partial charge in [0, 0.05) is 10.4 Å². The molecule has 0 saturated carbocycles. The minimum Gasteiger partial charge on any atom is -0.192 e. The van der Waals surface area contributed by atoms with Crippen molar-refractivity contribution in [1.82, 2.24) is 0 Å². The van der Waals surface area contributed by atoms with E-state index in [-0.39, 0.29) is 32.7 Å². The van der Waals surface area contributed by atoms with Crippen LogP contribution in [0.4, 0.5) is 0 Å². The molecule has 88 valence electrons. The molecule has 20 heavy (non-hydrogen) atoms. The highest BCUT2D eigenvalue weighted by Gasteiger charge is 2.08. The monoisotopic (exact) mass is 254 g/mol. The fraction of sp³-hybridized carbons (Fsp3) is 0. The maximum absolute atomic E-state index is 9.03. The zero-order valence-electron chi connectivity index (χ0n) is 9.84. The summed E-state index contributed by atoms with van der Waals surface area (Å²) in [4.78, 5) is 0. The van der Waals surface area contributed by atoms with Crippen molar-refractivity contribution in [2.45, 2.75) is 0 Å². The fourth-order valence-electron chi connectivity index (χ4n) is 1.49. The lowest BCUT2D eigenvalue weighted by Gasteiger charge is -1.97. The van der Waals surface area contributed by atoms with Crippen LogP contribution < -0.4 is 10.4 Å². The normalized spacial score (nSPS) is 7.70. The van der Waals surface area contributed by atoms with E-state index in [1.165, 1.54) is 0 Å². The molecule has 6 nitrogen and oxygen atoms in total. The Hall–Kier alpha value is -4.10. The van der Waals surface area contributed by atoms with Gasteiger partial charge in [-0.05, 0) is 12.1 Å². The third-order valence-electron chi connectivity index (χ3n) is 2.38. The predicted octanol–water partition coefficient (Wildman–Crippen LogP) is -0.174. The van der Waals surface area contributed by atoms with Crippen molar-refractivity contribution in [2.24, 2.45) is 0 Å². The van der Waals surface area contributed by atoms with E-state index in [0.29, 0.717) is 0 Å². The molecule has 0 atom stereocenters. The Morgan fingerprint density at radius 2 is 0.900 bits per heavy atom. The minimum atomic E-state index is -0.319. The van der Waals surface area contributed by atoms with Crippen molar-refractivity contribution in [3.05, 3.63) is 33.7 Å². The Kier molecular flexibility index (Phi) is 4.19. The first-order valence-electron chi connectivity index (χ1n) is 5.00. The lowest BCUT2D eigenvalue weighted by molar-refractivity contribution is 1.37. The van der Waals surface area contributed by atoms with Crippen LogP contribution >= 0.6 is 0 Å². The predicted molar refractivity (Wildman–Crippen MR) is 64.4 cm³/mol. The molecule has 0 spiro atoms. The summed E-state index contributed by atoms with van der Waals surface area (Å²) in [6, 6.07) is 12.4. The molecule has 0 aromatic heterocycles. The van der Waals surface area contributed by atoms with Crippen LogP contribution in [0.2, 0.25) is 0 Å². The molecule has 0 heterocycles. The van der Waals surface area contributed by atoms with Gasteiger partial charge in [-0.15, -0.1) is 0 Å². The van der Waals surface area contributed by atoms with Gasteiger partial charge in [0.15, 0.2) is 0 Å². The lowest BCUT2D eigenvalue weighted by Crippen LogP contribution is -2.20. The number of benzene rings is 1. The molecule has 6 heteroatoms. The molecule has 0 fully saturated rings. The van der Waals surface area contributed by atoms with Gasteiger partial charge in [0.05, 0.1) is 23.3 Å². The van der Waals surface area contributed by atoms with E-state index >= 15 is 0 Å². The van der Waals surface area contributed by atoms with E-state index < -0.39 is 0 Å². The SMILES string of the molecule is N#CC(C#N)=c1cc(C#N)c(=C(C#N)C#N)cc1C#N. The maximum Gasteiger partial charge on any atom is 0.138 e. The number of nitriles is 6. The van der Waals surface area contributed by atoms with Crippen molar-refractivity contribution >= 4 is 11.1 Å². The van der Waals surface area contributed by atoms with E-state index in [9.17, 15) is 0 Å². The van der Waals surface area contributed by atoms with Gasteiger partial charge in [-0.1, -0.05) is 0 Å². The van der Waals surface area contributed by atoms with Gasteiger partial charge < -0.3 is 0 Å². The second-order valence-electron chi connectivity index (χ2n) is 3.36. The Labute approximate surface area is 113 Å². The summed E-state index contributed by atoms with van der Waals surface area (Å²) in [6.45, 7) is 0. The molecule has 0 aliphatic rings. The first-order valence-corrected chi connectivity index (χ1v) is 5.00. The third kappa shape index (κ3) is 2.27. The van der Waals surface area contributed by atoms with Crippen molar-refractivity contribution in [3.63, 3.8) is 0 Å². The Morgan fingerprint density at radius 1 is 0.600 bits per heavy atom.